The number of carbonyl (C=O) groups is 2. The highest BCUT2D eigenvalue weighted by Crippen LogP contribution is 2.27. The van der Waals surface area contributed by atoms with Gasteiger partial charge in [0.1, 0.15) is 5.69 Å². The summed E-state index contributed by atoms with van der Waals surface area (Å²) in [4.78, 5) is 28.8. The van der Waals surface area contributed by atoms with Crippen LogP contribution in [-0.2, 0) is 14.6 Å². The van der Waals surface area contributed by atoms with E-state index in [4.69, 9.17) is 23.2 Å². The Kier molecular flexibility index (Phi) is 7.67. The van der Waals surface area contributed by atoms with Crippen LogP contribution < -0.4 is 10.9 Å². The third-order valence-corrected chi connectivity index (χ3v) is 6.63. The number of para-hydroxylation sites is 1. The lowest BCUT2D eigenvalue weighted by molar-refractivity contribution is -0.117. The van der Waals surface area contributed by atoms with Crippen molar-refractivity contribution in [3.63, 3.8) is 0 Å². The maximum Gasteiger partial charge on any atom is 0.269 e. The lowest BCUT2D eigenvalue weighted by atomic mass is 10.2. The van der Waals surface area contributed by atoms with Crippen LogP contribution in [0.5, 0.6) is 0 Å². The van der Waals surface area contributed by atoms with Crippen molar-refractivity contribution in [3.05, 3.63) is 94.4 Å². The summed E-state index contributed by atoms with van der Waals surface area (Å²) >= 11 is 12.2. The van der Waals surface area contributed by atoms with Gasteiger partial charge in [-0.05, 0) is 54.6 Å². The minimum absolute atomic E-state index is 0.0532. The molecule has 0 aliphatic heterocycles. The largest absolute Gasteiger partial charge is 0.273 e. The van der Waals surface area contributed by atoms with E-state index in [2.05, 4.69) is 26.0 Å². The van der Waals surface area contributed by atoms with Crippen molar-refractivity contribution < 1.29 is 18.0 Å². The first-order valence-electron chi connectivity index (χ1n) is 10.5. The first-order valence-corrected chi connectivity index (χ1v) is 13.2. The van der Waals surface area contributed by atoms with Gasteiger partial charge in [-0.2, -0.15) is 0 Å². The fraction of sp³-hybridized carbons (Fsp3) is 0.0417. The normalized spacial score (nSPS) is 11.4. The number of hydrogen-bond acceptors (Lipinski definition) is 7. The number of rotatable bonds is 6. The molecular formula is C24H18Cl2N6O4S. The van der Waals surface area contributed by atoms with Crippen LogP contribution in [0.3, 0.4) is 0 Å². The molecular weight excluding hydrogens is 539 g/mol. The van der Waals surface area contributed by atoms with Crippen molar-refractivity contribution in [2.45, 2.75) is 4.90 Å². The quantitative estimate of drug-likeness (QED) is 0.274. The summed E-state index contributed by atoms with van der Waals surface area (Å²) < 4.78 is 25.1. The predicted molar refractivity (Wildman–Crippen MR) is 139 cm³/mol. The molecule has 0 saturated heterocycles. The zero-order chi connectivity index (χ0) is 26.6. The summed E-state index contributed by atoms with van der Waals surface area (Å²) in [5.41, 5.74) is 5.74. The van der Waals surface area contributed by atoms with E-state index in [9.17, 15) is 18.0 Å². The molecule has 10 nitrogen and oxygen atoms in total. The molecule has 2 aromatic carbocycles. The summed E-state index contributed by atoms with van der Waals surface area (Å²) in [6.07, 6.45) is 4.85. The zero-order valence-corrected chi connectivity index (χ0v) is 21.4. The van der Waals surface area contributed by atoms with E-state index < -0.39 is 21.7 Å². The van der Waals surface area contributed by atoms with Gasteiger partial charge in [0, 0.05) is 29.1 Å². The van der Waals surface area contributed by atoms with E-state index in [0.717, 1.165) is 12.3 Å². The molecule has 37 heavy (non-hydrogen) atoms. The SMILES string of the molecule is CS(=O)(=O)c1ccc(-c2nnc(/C=C/C(=O)NNC(=O)c3ccc(Cl)cc3)n2-c2ccccc2Cl)nc1. The van der Waals surface area contributed by atoms with Gasteiger partial charge >= 0.3 is 0 Å². The molecule has 4 rings (SSSR count). The standard InChI is InChI=1S/C24H18Cl2N6O4S/c1-37(35,36)17-10-11-19(27-14-17)23-30-28-21(32(23)20-5-3-2-4-18(20)26)12-13-22(33)29-31-24(34)15-6-8-16(25)9-7-15/h2-14H,1H3,(H,29,33)(H,31,34)/b13-12+. The van der Waals surface area contributed by atoms with Gasteiger partial charge in [-0.25, -0.2) is 8.42 Å². The smallest absolute Gasteiger partial charge is 0.269 e. The molecule has 0 aliphatic carbocycles. The van der Waals surface area contributed by atoms with Crippen molar-refractivity contribution in [1.82, 2.24) is 30.6 Å². The fourth-order valence-corrected chi connectivity index (χ4v) is 4.06. The molecule has 0 atom stereocenters. The summed E-state index contributed by atoms with van der Waals surface area (Å²) in [7, 11) is -3.43. The first kappa shape index (κ1) is 26.0. The van der Waals surface area contributed by atoms with Gasteiger partial charge < -0.3 is 0 Å². The van der Waals surface area contributed by atoms with Crippen LogP contribution in [0, 0.1) is 0 Å². The van der Waals surface area contributed by atoms with E-state index in [0.29, 0.717) is 27.0 Å². The van der Waals surface area contributed by atoms with Crippen LogP contribution in [0.25, 0.3) is 23.3 Å². The van der Waals surface area contributed by atoms with Crippen LogP contribution in [-0.4, -0.2) is 46.2 Å². The van der Waals surface area contributed by atoms with Crippen LogP contribution in [0.4, 0.5) is 0 Å². The van der Waals surface area contributed by atoms with Gasteiger partial charge in [0.05, 0.1) is 15.6 Å². The molecule has 0 bridgehead atoms. The maximum absolute atomic E-state index is 12.3. The molecule has 2 amide bonds. The van der Waals surface area contributed by atoms with Crippen molar-refractivity contribution in [2.24, 2.45) is 0 Å². The highest BCUT2D eigenvalue weighted by molar-refractivity contribution is 7.90. The van der Waals surface area contributed by atoms with Gasteiger partial charge in [-0.1, -0.05) is 35.3 Å². The lowest BCUT2D eigenvalue weighted by Crippen LogP contribution is -2.40. The highest BCUT2D eigenvalue weighted by Gasteiger charge is 2.18. The summed E-state index contributed by atoms with van der Waals surface area (Å²) in [6, 6.07) is 16.0. The Balaban J connectivity index is 1.60. The number of amides is 2. The number of hydrogen-bond donors (Lipinski definition) is 2. The second-order valence-electron chi connectivity index (χ2n) is 7.60. The Bertz CT molecular complexity index is 1600. The van der Waals surface area contributed by atoms with E-state index in [1.54, 1.807) is 41.0 Å². The molecule has 0 radical (unpaired) electrons. The van der Waals surface area contributed by atoms with E-state index in [-0.39, 0.29) is 16.5 Å². The second-order valence-corrected chi connectivity index (χ2v) is 10.5. The molecule has 4 aromatic rings. The molecule has 2 aromatic heterocycles. The Hall–Kier alpha value is -4.06. The third-order valence-electron chi connectivity index (χ3n) is 4.96. The van der Waals surface area contributed by atoms with Crippen molar-refractivity contribution in [3.8, 4) is 17.2 Å². The van der Waals surface area contributed by atoms with Crippen LogP contribution >= 0.6 is 23.2 Å². The van der Waals surface area contributed by atoms with Crippen molar-refractivity contribution in [1.29, 1.82) is 0 Å². The van der Waals surface area contributed by atoms with Gasteiger partial charge in [-0.3, -0.25) is 30.0 Å². The van der Waals surface area contributed by atoms with E-state index in [1.165, 1.54) is 36.5 Å². The van der Waals surface area contributed by atoms with Gasteiger partial charge in [-0.15, -0.1) is 10.2 Å². The Morgan fingerprint density at radius 2 is 1.68 bits per heavy atom. The topological polar surface area (TPSA) is 136 Å². The van der Waals surface area contributed by atoms with Gasteiger partial charge in [0.15, 0.2) is 21.5 Å². The Labute approximate surface area is 221 Å². The lowest BCUT2D eigenvalue weighted by Gasteiger charge is -2.10. The molecule has 2 heterocycles. The molecule has 188 valence electrons. The number of hydrazine groups is 1. The Morgan fingerprint density at radius 3 is 2.32 bits per heavy atom. The monoisotopic (exact) mass is 556 g/mol. The number of sulfone groups is 1. The van der Waals surface area contributed by atoms with Crippen LogP contribution in [0.15, 0.2) is 77.8 Å². The first-order chi connectivity index (χ1) is 17.6. The third kappa shape index (κ3) is 6.20. The number of nitrogens with zero attached hydrogens (tertiary/aromatic N) is 4. The average Bonchev–Trinajstić information content (AvgIpc) is 3.30. The molecule has 0 saturated carbocycles. The number of carbonyl (C=O) groups excluding carboxylic acids is 2. The molecule has 0 unspecified atom stereocenters. The minimum Gasteiger partial charge on any atom is -0.273 e. The number of pyridine rings is 1. The molecule has 0 spiro atoms. The average molecular weight is 557 g/mol. The molecule has 0 aliphatic rings. The maximum atomic E-state index is 12.3. The zero-order valence-electron chi connectivity index (χ0n) is 19.1. The summed E-state index contributed by atoms with van der Waals surface area (Å²) in [6.45, 7) is 0. The highest BCUT2D eigenvalue weighted by atomic mass is 35.5. The number of benzene rings is 2. The minimum atomic E-state index is -3.43. The molecule has 2 N–H and O–H groups in total. The number of aromatic nitrogens is 4. The Morgan fingerprint density at radius 1 is 0.946 bits per heavy atom. The van der Waals surface area contributed by atoms with E-state index in [1.807, 2.05) is 0 Å². The van der Waals surface area contributed by atoms with Gasteiger partial charge in [0.2, 0.25) is 0 Å². The number of nitrogens with one attached hydrogen (secondary N) is 2. The number of halogens is 2. The van der Waals surface area contributed by atoms with Gasteiger partial charge in [0.25, 0.3) is 11.8 Å². The van der Waals surface area contributed by atoms with Crippen molar-refractivity contribution in [2.75, 3.05) is 6.26 Å². The fourth-order valence-electron chi connectivity index (χ4n) is 3.16. The van der Waals surface area contributed by atoms with E-state index >= 15 is 0 Å². The summed E-state index contributed by atoms with van der Waals surface area (Å²) in [5.74, 6) is -0.655. The molecule has 0 fully saturated rings. The van der Waals surface area contributed by atoms with Crippen LogP contribution in [0.2, 0.25) is 10.0 Å². The van der Waals surface area contributed by atoms with Crippen LogP contribution in [0.1, 0.15) is 16.2 Å². The molecule has 13 heteroatoms. The predicted octanol–water partition coefficient (Wildman–Crippen LogP) is 3.51. The summed E-state index contributed by atoms with van der Waals surface area (Å²) in [5, 5.41) is 9.17. The second kappa shape index (κ2) is 10.9. The van der Waals surface area contributed by atoms with Crippen molar-refractivity contribution >= 4 is 50.9 Å².